The van der Waals surface area contributed by atoms with E-state index < -0.39 is 6.09 Å². The Hall–Kier alpha value is -2.51. The predicted octanol–water partition coefficient (Wildman–Crippen LogP) is 4.85. The van der Waals surface area contributed by atoms with Gasteiger partial charge in [0.25, 0.3) is 0 Å². The van der Waals surface area contributed by atoms with Crippen molar-refractivity contribution in [3.8, 4) is 0 Å². The van der Waals surface area contributed by atoms with E-state index >= 15 is 0 Å². The van der Waals surface area contributed by atoms with Crippen LogP contribution in [0.25, 0.3) is 0 Å². The molecule has 0 saturated heterocycles. The summed E-state index contributed by atoms with van der Waals surface area (Å²) in [4.78, 5) is 21.3. The van der Waals surface area contributed by atoms with Crippen molar-refractivity contribution in [3.05, 3.63) is 70.9 Å². The van der Waals surface area contributed by atoms with Crippen LogP contribution in [0.1, 0.15) is 37.0 Å². The zero-order valence-corrected chi connectivity index (χ0v) is 17.2. The number of hydrogen-bond donors (Lipinski definition) is 1. The molecule has 0 aliphatic heterocycles. The van der Waals surface area contributed by atoms with Crippen molar-refractivity contribution in [1.82, 2.24) is 14.5 Å². The molecule has 3 rings (SSSR count). The normalized spacial score (nSPS) is 11.0. The number of aromatic nitrogens is 3. The van der Waals surface area contributed by atoms with E-state index in [1.54, 1.807) is 18.0 Å². The fraction of sp³-hybridized carbons (Fsp3) is 0.250. The van der Waals surface area contributed by atoms with Gasteiger partial charge in [-0.25, -0.2) is 9.78 Å². The number of carbonyl (C=O) groups is 1. The smallest absolute Gasteiger partial charge is 0.404 e. The minimum atomic E-state index is -0.831. The quantitative estimate of drug-likeness (QED) is 0.595. The van der Waals surface area contributed by atoms with Crippen LogP contribution in [0.4, 0.5) is 4.79 Å². The van der Waals surface area contributed by atoms with Crippen LogP contribution in [0.2, 0.25) is 5.02 Å². The van der Waals surface area contributed by atoms with Crippen molar-refractivity contribution in [2.75, 3.05) is 0 Å². The second-order valence-corrected chi connectivity index (χ2v) is 7.95. The molecule has 0 bridgehead atoms. The van der Waals surface area contributed by atoms with Crippen LogP contribution in [0.3, 0.4) is 0 Å². The molecule has 0 unspecified atom stereocenters. The third-order valence-electron chi connectivity index (χ3n) is 3.97. The van der Waals surface area contributed by atoms with E-state index in [-0.39, 0.29) is 12.5 Å². The lowest BCUT2D eigenvalue weighted by molar-refractivity contribution is 0.145. The highest BCUT2D eigenvalue weighted by atomic mass is 35.5. The molecule has 1 aromatic carbocycles. The van der Waals surface area contributed by atoms with E-state index in [1.807, 2.05) is 47.0 Å². The molecule has 2 heterocycles. The summed E-state index contributed by atoms with van der Waals surface area (Å²) in [6.07, 6.45) is 0.918. The molecule has 0 spiro atoms. The van der Waals surface area contributed by atoms with Gasteiger partial charge in [-0.15, -0.1) is 0 Å². The molecule has 8 heteroatoms. The second-order valence-electron chi connectivity index (χ2n) is 6.45. The first kappa shape index (κ1) is 20.2. The Labute approximate surface area is 173 Å². The largest absolute Gasteiger partial charge is 0.442 e. The Kier molecular flexibility index (Phi) is 6.59. The maximum absolute atomic E-state index is 11.1. The molecule has 0 fully saturated rings. The summed E-state index contributed by atoms with van der Waals surface area (Å²) in [7, 11) is 0. The molecule has 3 aromatic rings. The summed E-state index contributed by atoms with van der Waals surface area (Å²) in [6, 6.07) is 13.4. The monoisotopic (exact) mass is 416 g/mol. The molecule has 2 aromatic heterocycles. The van der Waals surface area contributed by atoms with Gasteiger partial charge in [0, 0.05) is 16.1 Å². The van der Waals surface area contributed by atoms with Gasteiger partial charge in [-0.1, -0.05) is 49.3 Å². The SMILES string of the molecule is CC(C)c1nc(COC(N)=O)n(Cc2ccccn2)c1Sc1cccc(Cl)c1. The van der Waals surface area contributed by atoms with Crippen LogP contribution < -0.4 is 5.73 Å². The van der Waals surface area contributed by atoms with E-state index in [2.05, 4.69) is 18.8 Å². The Morgan fingerprint density at radius 3 is 2.75 bits per heavy atom. The fourth-order valence-electron chi connectivity index (χ4n) is 2.69. The molecule has 6 nitrogen and oxygen atoms in total. The lowest BCUT2D eigenvalue weighted by atomic mass is 10.1. The summed E-state index contributed by atoms with van der Waals surface area (Å²) in [5.74, 6) is 0.802. The van der Waals surface area contributed by atoms with Gasteiger partial charge in [0.05, 0.1) is 17.9 Å². The standard InChI is InChI=1S/C20H21ClN4O2S/c1-13(2)18-19(28-16-8-5-6-14(21)10-16)25(11-15-7-3-4-9-23-15)17(24-18)12-27-20(22)26/h3-10,13H,11-12H2,1-2H3,(H2,22,26). The van der Waals surface area contributed by atoms with Gasteiger partial charge in [-0.2, -0.15) is 0 Å². The van der Waals surface area contributed by atoms with E-state index in [9.17, 15) is 4.79 Å². The molecule has 0 aliphatic carbocycles. The van der Waals surface area contributed by atoms with Crippen LogP contribution in [-0.2, 0) is 17.9 Å². The third-order valence-corrected chi connectivity index (χ3v) is 5.32. The molecule has 146 valence electrons. The minimum absolute atomic E-state index is 0.00199. The number of amides is 1. The summed E-state index contributed by atoms with van der Waals surface area (Å²) in [5.41, 5.74) is 6.96. The van der Waals surface area contributed by atoms with Crippen LogP contribution in [0.15, 0.2) is 58.6 Å². The average Bonchev–Trinajstić information content (AvgIpc) is 2.98. The van der Waals surface area contributed by atoms with Crippen molar-refractivity contribution in [2.24, 2.45) is 5.73 Å². The number of carbonyl (C=O) groups excluding carboxylic acids is 1. The van der Waals surface area contributed by atoms with E-state index in [4.69, 9.17) is 27.1 Å². The van der Waals surface area contributed by atoms with Crippen LogP contribution in [0, 0.1) is 0 Å². The second kappa shape index (κ2) is 9.12. The molecule has 0 aliphatic rings. The highest BCUT2D eigenvalue weighted by Crippen LogP contribution is 2.36. The maximum atomic E-state index is 11.1. The Balaban J connectivity index is 2.06. The maximum Gasteiger partial charge on any atom is 0.404 e. The fourth-order valence-corrected chi connectivity index (χ4v) is 4.17. The number of hydrogen-bond acceptors (Lipinski definition) is 5. The summed E-state index contributed by atoms with van der Waals surface area (Å²) in [5, 5.41) is 1.63. The summed E-state index contributed by atoms with van der Waals surface area (Å²) < 4.78 is 7.05. The highest BCUT2D eigenvalue weighted by molar-refractivity contribution is 7.99. The molecule has 0 radical (unpaired) electrons. The number of nitrogens with two attached hydrogens (primary N) is 1. The molecule has 0 saturated carbocycles. The molecular formula is C20H21ClN4O2S. The minimum Gasteiger partial charge on any atom is -0.442 e. The summed E-state index contributed by atoms with van der Waals surface area (Å²) in [6.45, 7) is 4.65. The lowest BCUT2D eigenvalue weighted by Crippen LogP contribution is -2.16. The first-order valence-corrected chi connectivity index (χ1v) is 9.98. The molecule has 2 N–H and O–H groups in total. The number of pyridine rings is 1. The zero-order chi connectivity index (χ0) is 20.1. The molecule has 1 amide bonds. The number of ether oxygens (including phenoxy) is 1. The van der Waals surface area contributed by atoms with E-state index in [0.29, 0.717) is 17.4 Å². The number of imidazole rings is 1. The number of benzene rings is 1. The van der Waals surface area contributed by atoms with Crippen molar-refractivity contribution < 1.29 is 9.53 Å². The van der Waals surface area contributed by atoms with Gasteiger partial charge in [0.2, 0.25) is 0 Å². The topological polar surface area (TPSA) is 83.0 Å². The Morgan fingerprint density at radius 2 is 2.11 bits per heavy atom. The van der Waals surface area contributed by atoms with Crippen molar-refractivity contribution in [2.45, 2.75) is 42.8 Å². The van der Waals surface area contributed by atoms with Gasteiger partial charge in [-0.05, 0) is 36.2 Å². The lowest BCUT2D eigenvalue weighted by Gasteiger charge is -2.13. The van der Waals surface area contributed by atoms with Gasteiger partial charge in [-0.3, -0.25) is 4.98 Å². The highest BCUT2D eigenvalue weighted by Gasteiger charge is 2.21. The number of rotatable bonds is 7. The first-order valence-electron chi connectivity index (χ1n) is 8.79. The van der Waals surface area contributed by atoms with E-state index in [0.717, 1.165) is 21.3 Å². The van der Waals surface area contributed by atoms with Gasteiger partial charge in [0.1, 0.15) is 10.9 Å². The van der Waals surface area contributed by atoms with Gasteiger partial charge >= 0.3 is 6.09 Å². The third kappa shape index (κ3) is 5.05. The number of nitrogens with zero attached hydrogens (tertiary/aromatic N) is 3. The van der Waals surface area contributed by atoms with Gasteiger partial charge < -0.3 is 15.0 Å². The molecule has 28 heavy (non-hydrogen) atoms. The van der Waals surface area contributed by atoms with Crippen molar-refractivity contribution in [1.29, 1.82) is 0 Å². The molecule has 0 atom stereocenters. The summed E-state index contributed by atoms with van der Waals surface area (Å²) >= 11 is 7.73. The van der Waals surface area contributed by atoms with Crippen LogP contribution >= 0.6 is 23.4 Å². The van der Waals surface area contributed by atoms with Crippen molar-refractivity contribution in [3.63, 3.8) is 0 Å². The number of halogens is 1. The average molecular weight is 417 g/mol. The molecular weight excluding hydrogens is 396 g/mol. The Morgan fingerprint density at radius 1 is 1.29 bits per heavy atom. The van der Waals surface area contributed by atoms with Crippen LogP contribution in [-0.4, -0.2) is 20.6 Å². The predicted molar refractivity (Wildman–Crippen MR) is 110 cm³/mol. The Bertz CT molecular complexity index is 960. The number of primary amides is 1. The van der Waals surface area contributed by atoms with E-state index in [1.165, 1.54) is 0 Å². The zero-order valence-electron chi connectivity index (χ0n) is 15.6. The van der Waals surface area contributed by atoms with Gasteiger partial charge in [0.15, 0.2) is 6.61 Å². The first-order chi connectivity index (χ1) is 13.4. The van der Waals surface area contributed by atoms with Crippen LogP contribution in [0.5, 0.6) is 0 Å². The van der Waals surface area contributed by atoms with Crippen molar-refractivity contribution >= 4 is 29.5 Å².